The van der Waals surface area contributed by atoms with Crippen LogP contribution in [-0.4, -0.2) is 30.5 Å². The number of fused-ring (bicyclic) bond motifs is 1. The first-order valence-electron chi connectivity index (χ1n) is 8.60. The molecule has 4 rings (SSSR count). The van der Waals surface area contributed by atoms with E-state index in [-0.39, 0.29) is 6.42 Å². The van der Waals surface area contributed by atoms with E-state index < -0.39 is 11.8 Å². The molecule has 2 N–H and O–H groups in total. The number of hydrogen-bond donors (Lipinski definition) is 1. The van der Waals surface area contributed by atoms with Gasteiger partial charge in [-0.3, -0.25) is 4.98 Å². The topological polar surface area (TPSA) is 106 Å². The summed E-state index contributed by atoms with van der Waals surface area (Å²) in [5.74, 6) is -2.31. The van der Waals surface area contributed by atoms with Crippen LogP contribution < -0.4 is 5.73 Å². The molecule has 1 unspecified atom stereocenters. The molecule has 9 heteroatoms. The summed E-state index contributed by atoms with van der Waals surface area (Å²) in [5.41, 5.74) is 9.34. The fourth-order valence-corrected chi connectivity index (χ4v) is 3.24. The van der Waals surface area contributed by atoms with Crippen molar-refractivity contribution in [1.29, 1.82) is 5.26 Å². The Balaban J connectivity index is 1.61. The number of alkyl halides is 2. The van der Waals surface area contributed by atoms with Gasteiger partial charge in [0.25, 0.3) is 11.7 Å². The molecule has 0 aromatic carbocycles. The fraction of sp³-hybridized carbons (Fsp3) is 0.389. The van der Waals surface area contributed by atoms with Gasteiger partial charge in [0.2, 0.25) is 0 Å². The Bertz CT molecular complexity index is 1070. The highest BCUT2D eigenvalue weighted by Crippen LogP contribution is 2.51. The van der Waals surface area contributed by atoms with E-state index in [0.717, 1.165) is 11.3 Å². The average Bonchev–Trinajstić information content (AvgIpc) is 3.02. The Morgan fingerprint density at radius 1 is 1.37 bits per heavy atom. The highest BCUT2D eigenvalue weighted by Gasteiger charge is 2.55. The van der Waals surface area contributed by atoms with Crippen molar-refractivity contribution in [3.05, 3.63) is 46.7 Å². The first-order valence-corrected chi connectivity index (χ1v) is 8.60. The molecule has 0 bridgehead atoms. The van der Waals surface area contributed by atoms with Gasteiger partial charge in [0.05, 0.1) is 11.3 Å². The molecule has 3 aromatic rings. The normalized spacial score (nSPS) is 17.8. The summed E-state index contributed by atoms with van der Waals surface area (Å²) in [6.45, 7) is 1.83. The number of anilines is 1. The van der Waals surface area contributed by atoms with Crippen molar-refractivity contribution >= 4 is 11.6 Å². The van der Waals surface area contributed by atoms with Crippen LogP contribution in [0.25, 0.3) is 5.78 Å². The van der Waals surface area contributed by atoms with Crippen molar-refractivity contribution in [2.75, 3.05) is 5.73 Å². The summed E-state index contributed by atoms with van der Waals surface area (Å²) in [6, 6.07) is 5.51. The molecule has 1 atom stereocenters. The van der Waals surface area contributed by atoms with Crippen LogP contribution in [0.1, 0.15) is 41.1 Å². The predicted octanol–water partition coefficient (Wildman–Crippen LogP) is 2.46. The molecular weight excluding hydrogens is 352 g/mol. The Morgan fingerprint density at radius 2 is 2.15 bits per heavy atom. The second kappa shape index (κ2) is 6.23. The molecule has 0 radical (unpaired) electrons. The first-order chi connectivity index (χ1) is 12.9. The number of nitrogens with zero attached hydrogens (tertiary/aromatic N) is 6. The molecular formula is C18H17F2N7. The van der Waals surface area contributed by atoms with Gasteiger partial charge in [0.15, 0.2) is 0 Å². The van der Waals surface area contributed by atoms with E-state index in [4.69, 9.17) is 5.73 Å². The predicted molar refractivity (Wildman–Crippen MR) is 93.1 cm³/mol. The van der Waals surface area contributed by atoms with Crippen molar-refractivity contribution in [1.82, 2.24) is 24.6 Å². The fourth-order valence-electron chi connectivity index (χ4n) is 3.24. The van der Waals surface area contributed by atoms with Crippen molar-refractivity contribution in [2.45, 2.75) is 38.5 Å². The van der Waals surface area contributed by atoms with Crippen LogP contribution in [0.15, 0.2) is 18.5 Å². The van der Waals surface area contributed by atoms with Gasteiger partial charge in [-0.1, -0.05) is 0 Å². The monoisotopic (exact) mass is 369 g/mol. The maximum atomic E-state index is 13.1. The summed E-state index contributed by atoms with van der Waals surface area (Å²) < 4.78 is 27.7. The molecule has 1 aliphatic rings. The van der Waals surface area contributed by atoms with Gasteiger partial charge in [0.1, 0.15) is 18.2 Å². The standard InChI is InChI=1S/C18H17F2N7/c1-10-14(16(22)27-17(25-10)23-9-24-27)6-13-4-2-11(8-21)15(26-13)5-3-12-7-18(12,19)20/h2,4,9,12H,3,5-7,22H2,1H3. The minimum absolute atomic E-state index is 0.0755. The molecule has 3 heterocycles. The summed E-state index contributed by atoms with van der Waals surface area (Å²) in [5, 5.41) is 13.3. The maximum Gasteiger partial charge on any atom is 0.254 e. The highest BCUT2D eigenvalue weighted by atomic mass is 19.3. The summed E-state index contributed by atoms with van der Waals surface area (Å²) in [4.78, 5) is 13.0. The Kier molecular flexibility index (Phi) is 3.98. The van der Waals surface area contributed by atoms with E-state index >= 15 is 0 Å². The summed E-state index contributed by atoms with van der Waals surface area (Å²) in [6.07, 6.45) is 2.39. The molecule has 138 valence electrons. The van der Waals surface area contributed by atoms with E-state index in [1.54, 1.807) is 12.1 Å². The minimum atomic E-state index is -2.56. The van der Waals surface area contributed by atoms with E-state index in [1.165, 1.54) is 10.8 Å². The number of pyridine rings is 1. The van der Waals surface area contributed by atoms with Gasteiger partial charge in [-0.25, -0.2) is 13.8 Å². The second-order valence-corrected chi connectivity index (χ2v) is 6.82. The molecule has 0 aliphatic heterocycles. The third-order valence-electron chi connectivity index (χ3n) is 4.97. The molecule has 27 heavy (non-hydrogen) atoms. The molecule has 7 nitrogen and oxygen atoms in total. The van der Waals surface area contributed by atoms with Crippen LogP contribution >= 0.6 is 0 Å². The number of hydrogen-bond acceptors (Lipinski definition) is 6. The number of nitriles is 1. The van der Waals surface area contributed by atoms with Gasteiger partial charge in [-0.15, -0.1) is 0 Å². The smallest absolute Gasteiger partial charge is 0.254 e. The number of halogens is 2. The third-order valence-corrected chi connectivity index (χ3v) is 4.97. The van der Waals surface area contributed by atoms with Crippen molar-refractivity contribution < 1.29 is 8.78 Å². The first kappa shape index (κ1) is 17.3. The molecule has 0 spiro atoms. The summed E-state index contributed by atoms with van der Waals surface area (Å²) >= 11 is 0. The molecule has 0 amide bonds. The number of aryl methyl sites for hydroxylation is 2. The Hall–Kier alpha value is -3.15. The van der Waals surface area contributed by atoms with Gasteiger partial charge < -0.3 is 5.73 Å². The van der Waals surface area contributed by atoms with Crippen molar-refractivity contribution in [3.63, 3.8) is 0 Å². The van der Waals surface area contributed by atoms with E-state index in [9.17, 15) is 14.0 Å². The lowest BCUT2D eigenvalue weighted by Gasteiger charge is -2.11. The van der Waals surface area contributed by atoms with Crippen LogP contribution in [0, 0.1) is 24.2 Å². The molecule has 0 saturated heterocycles. The van der Waals surface area contributed by atoms with Crippen LogP contribution in [0.3, 0.4) is 0 Å². The highest BCUT2D eigenvalue weighted by molar-refractivity contribution is 5.50. The average molecular weight is 369 g/mol. The Morgan fingerprint density at radius 3 is 2.85 bits per heavy atom. The number of aromatic nitrogens is 5. The van der Waals surface area contributed by atoms with Crippen molar-refractivity contribution in [3.8, 4) is 6.07 Å². The van der Waals surface area contributed by atoms with Crippen molar-refractivity contribution in [2.24, 2.45) is 5.92 Å². The lowest BCUT2D eigenvalue weighted by molar-refractivity contribution is 0.0971. The number of nitrogens with two attached hydrogens (primary N) is 1. The zero-order chi connectivity index (χ0) is 19.2. The maximum absolute atomic E-state index is 13.1. The number of nitrogen functional groups attached to an aromatic ring is 1. The molecule has 3 aromatic heterocycles. The zero-order valence-corrected chi connectivity index (χ0v) is 14.7. The van der Waals surface area contributed by atoms with Gasteiger partial charge in [-0.05, 0) is 31.9 Å². The van der Waals surface area contributed by atoms with E-state index in [2.05, 4.69) is 26.1 Å². The number of rotatable bonds is 5. The lowest BCUT2D eigenvalue weighted by atomic mass is 10.0. The largest absolute Gasteiger partial charge is 0.383 e. The second-order valence-electron chi connectivity index (χ2n) is 6.82. The SMILES string of the molecule is Cc1nc2ncnn2c(N)c1Cc1ccc(C#N)c(CCC2CC2(F)F)n1. The lowest BCUT2D eigenvalue weighted by Crippen LogP contribution is -2.10. The Labute approximate surface area is 153 Å². The van der Waals surface area contributed by atoms with Gasteiger partial charge in [-0.2, -0.15) is 19.9 Å². The third kappa shape index (κ3) is 3.18. The zero-order valence-electron chi connectivity index (χ0n) is 14.7. The molecule has 1 saturated carbocycles. The van der Waals surface area contributed by atoms with Crippen LogP contribution in [0.4, 0.5) is 14.6 Å². The van der Waals surface area contributed by atoms with Crippen LogP contribution in [0.2, 0.25) is 0 Å². The minimum Gasteiger partial charge on any atom is -0.383 e. The van der Waals surface area contributed by atoms with Crippen LogP contribution in [-0.2, 0) is 12.8 Å². The van der Waals surface area contributed by atoms with Crippen LogP contribution in [0.5, 0.6) is 0 Å². The quantitative estimate of drug-likeness (QED) is 0.740. The van der Waals surface area contributed by atoms with E-state index in [1.807, 2.05) is 6.92 Å². The molecule has 1 fully saturated rings. The van der Waals surface area contributed by atoms with Gasteiger partial charge >= 0.3 is 0 Å². The van der Waals surface area contributed by atoms with Gasteiger partial charge in [0, 0.05) is 35.7 Å². The summed E-state index contributed by atoms with van der Waals surface area (Å²) in [7, 11) is 0. The molecule has 1 aliphatic carbocycles. The van der Waals surface area contributed by atoms with E-state index in [0.29, 0.717) is 47.8 Å².